The minimum atomic E-state index is -3.35. The van der Waals surface area contributed by atoms with Gasteiger partial charge in [-0.25, -0.2) is 12.3 Å². The standard InChI is InChI=1S/C24H42N3O5S2/c1-6-25(21(3)19-22-11-13-23(14-12-22)33(4,29)30)15-8-9-16-26-17-10-18-27(7-2,20-24(26)28)34(5,31)32/h11-14,21H,6-10,15-20H2,1-5H3/q+1. The van der Waals surface area contributed by atoms with E-state index in [1.54, 1.807) is 12.1 Å². The summed E-state index contributed by atoms with van der Waals surface area (Å²) in [6, 6.07) is 7.42. The van der Waals surface area contributed by atoms with Gasteiger partial charge in [0.25, 0.3) is 15.9 Å². The number of sulfonamides is 1. The summed E-state index contributed by atoms with van der Waals surface area (Å²) in [5, 5.41) is 0. The van der Waals surface area contributed by atoms with E-state index in [1.807, 2.05) is 24.0 Å². The second-order valence-corrected chi connectivity index (χ2v) is 13.8. The minimum absolute atomic E-state index is 0.0333. The van der Waals surface area contributed by atoms with Gasteiger partial charge in [0.1, 0.15) is 0 Å². The van der Waals surface area contributed by atoms with Crippen LogP contribution >= 0.6 is 0 Å². The average molecular weight is 517 g/mol. The highest BCUT2D eigenvalue weighted by Crippen LogP contribution is 2.20. The Balaban J connectivity index is 1.85. The molecule has 1 heterocycles. The Kier molecular flexibility index (Phi) is 10.1. The number of benzene rings is 1. The molecule has 1 aliphatic heterocycles. The number of quaternary nitrogens is 1. The van der Waals surface area contributed by atoms with Gasteiger partial charge in [-0.05, 0) is 63.9 Å². The van der Waals surface area contributed by atoms with E-state index in [2.05, 4.69) is 18.7 Å². The number of unbranched alkanes of at least 4 members (excludes halogenated alkanes) is 1. The third-order valence-electron chi connectivity index (χ3n) is 7.09. The fourth-order valence-electron chi connectivity index (χ4n) is 4.77. The van der Waals surface area contributed by atoms with E-state index in [1.165, 1.54) is 12.5 Å². The summed E-state index contributed by atoms with van der Waals surface area (Å²) < 4.78 is 47.8. The molecule has 8 nitrogen and oxygen atoms in total. The van der Waals surface area contributed by atoms with Crippen molar-refractivity contribution in [2.24, 2.45) is 0 Å². The maximum atomic E-state index is 12.8. The van der Waals surface area contributed by atoms with E-state index < -0.39 is 19.9 Å². The Labute approximate surface area is 206 Å². The number of carbonyl (C=O) groups is 1. The van der Waals surface area contributed by atoms with Crippen LogP contribution in [0.2, 0.25) is 0 Å². The van der Waals surface area contributed by atoms with E-state index in [-0.39, 0.29) is 16.3 Å². The smallest absolute Gasteiger partial charge is 0.294 e. The van der Waals surface area contributed by atoms with Crippen molar-refractivity contribution in [3.05, 3.63) is 29.8 Å². The first-order valence-corrected chi connectivity index (χ1v) is 15.9. The van der Waals surface area contributed by atoms with E-state index in [4.69, 9.17) is 0 Å². The predicted molar refractivity (Wildman–Crippen MR) is 136 cm³/mol. The van der Waals surface area contributed by atoms with E-state index >= 15 is 0 Å². The monoisotopic (exact) mass is 516 g/mol. The first-order valence-electron chi connectivity index (χ1n) is 12.2. The lowest BCUT2D eigenvalue weighted by molar-refractivity contribution is -0.794. The third-order valence-corrected chi connectivity index (χ3v) is 10.2. The quantitative estimate of drug-likeness (QED) is 0.312. The molecule has 1 aliphatic rings. The van der Waals surface area contributed by atoms with Crippen molar-refractivity contribution in [1.29, 1.82) is 0 Å². The number of carbonyl (C=O) groups excluding carboxylic acids is 1. The molecule has 0 radical (unpaired) electrons. The Morgan fingerprint density at radius 2 is 1.71 bits per heavy atom. The summed E-state index contributed by atoms with van der Waals surface area (Å²) in [5.74, 6) is -0.0666. The molecule has 2 rings (SSSR count). The Bertz CT molecular complexity index is 1030. The first kappa shape index (κ1) is 28.7. The Hall–Kier alpha value is -1.49. The zero-order valence-corrected chi connectivity index (χ0v) is 23.0. The molecular formula is C24H42N3O5S2+. The van der Waals surface area contributed by atoms with Crippen molar-refractivity contribution in [3.8, 4) is 0 Å². The molecular weight excluding hydrogens is 474 g/mol. The SMILES string of the molecule is CCN(CCCCN1CCC[N+](CC)(S(C)(=O)=O)CC1=O)C(C)Cc1ccc(S(C)(=O)=O)cc1. The number of hydrogen-bond donors (Lipinski definition) is 0. The van der Waals surface area contributed by atoms with Crippen LogP contribution in [0.15, 0.2) is 29.2 Å². The number of hydrogen-bond acceptors (Lipinski definition) is 6. The van der Waals surface area contributed by atoms with Crippen molar-refractivity contribution in [3.63, 3.8) is 0 Å². The second kappa shape index (κ2) is 12.0. The van der Waals surface area contributed by atoms with Gasteiger partial charge in [-0.2, -0.15) is 8.42 Å². The van der Waals surface area contributed by atoms with Gasteiger partial charge in [0.2, 0.25) is 0 Å². The largest absolute Gasteiger partial charge is 0.338 e. The van der Waals surface area contributed by atoms with Gasteiger partial charge in [-0.3, -0.25) is 4.79 Å². The molecule has 0 aromatic heterocycles. The molecule has 1 aromatic carbocycles. The molecule has 0 aliphatic carbocycles. The molecule has 1 amide bonds. The molecule has 0 bridgehead atoms. The fourth-order valence-corrected chi connectivity index (χ4v) is 6.68. The molecule has 2 atom stereocenters. The molecule has 0 saturated carbocycles. The highest BCUT2D eigenvalue weighted by atomic mass is 32.2. The van der Waals surface area contributed by atoms with Crippen LogP contribution in [0.3, 0.4) is 0 Å². The number of rotatable bonds is 12. The van der Waals surface area contributed by atoms with E-state index in [9.17, 15) is 21.6 Å². The van der Waals surface area contributed by atoms with Gasteiger partial charge < -0.3 is 9.80 Å². The molecule has 10 heteroatoms. The van der Waals surface area contributed by atoms with Crippen molar-refractivity contribution < 1.29 is 25.5 Å². The van der Waals surface area contributed by atoms with Crippen LogP contribution in [0.4, 0.5) is 0 Å². The summed E-state index contributed by atoms with van der Waals surface area (Å²) in [6.45, 7) is 10.2. The van der Waals surface area contributed by atoms with Gasteiger partial charge in [-0.15, -0.1) is 0 Å². The number of nitrogens with zero attached hydrogens (tertiary/aromatic N) is 3. The van der Waals surface area contributed by atoms with Crippen LogP contribution in [0.1, 0.15) is 45.6 Å². The lowest BCUT2D eigenvalue weighted by Gasteiger charge is -2.32. The summed E-state index contributed by atoms with van der Waals surface area (Å²) >= 11 is 0. The van der Waals surface area contributed by atoms with Crippen LogP contribution < -0.4 is 0 Å². The number of sulfone groups is 1. The minimum Gasteiger partial charge on any atom is -0.338 e. The Morgan fingerprint density at radius 3 is 2.24 bits per heavy atom. The molecule has 34 heavy (non-hydrogen) atoms. The van der Waals surface area contributed by atoms with Gasteiger partial charge in [-0.1, -0.05) is 19.1 Å². The summed E-state index contributed by atoms with van der Waals surface area (Å²) in [7, 11) is -6.53. The third kappa shape index (κ3) is 7.50. The van der Waals surface area contributed by atoms with Crippen LogP contribution in [-0.4, -0.2) is 101 Å². The molecule has 1 fully saturated rings. The summed E-state index contributed by atoms with van der Waals surface area (Å²) in [6.07, 6.45) is 5.82. The van der Waals surface area contributed by atoms with Gasteiger partial charge in [0, 0.05) is 31.8 Å². The summed E-state index contributed by atoms with van der Waals surface area (Å²) in [4.78, 5) is 17.4. The van der Waals surface area contributed by atoms with Crippen LogP contribution in [-0.2, 0) is 31.1 Å². The number of likely N-dealkylation sites (N-methyl/N-ethyl adjacent to an activating group) is 2. The van der Waals surface area contributed by atoms with Gasteiger partial charge in [0.15, 0.2) is 16.4 Å². The zero-order valence-electron chi connectivity index (χ0n) is 21.4. The second-order valence-electron chi connectivity index (χ2n) is 9.53. The van der Waals surface area contributed by atoms with Crippen molar-refractivity contribution >= 4 is 25.8 Å². The lowest BCUT2D eigenvalue weighted by Crippen LogP contribution is -2.55. The summed E-state index contributed by atoms with van der Waals surface area (Å²) in [5.41, 5.74) is 1.11. The van der Waals surface area contributed by atoms with Crippen molar-refractivity contribution in [2.75, 3.05) is 58.3 Å². The molecule has 0 N–H and O–H groups in total. The maximum Gasteiger partial charge on any atom is 0.294 e. The normalized spacial score (nSPS) is 21.0. The Morgan fingerprint density at radius 1 is 1.06 bits per heavy atom. The van der Waals surface area contributed by atoms with Crippen LogP contribution in [0.25, 0.3) is 0 Å². The molecule has 2 unspecified atom stereocenters. The van der Waals surface area contributed by atoms with Crippen LogP contribution in [0, 0.1) is 0 Å². The molecule has 1 aromatic rings. The first-order chi connectivity index (χ1) is 15.8. The highest BCUT2D eigenvalue weighted by molar-refractivity contribution is 7.90. The zero-order chi connectivity index (χ0) is 25.6. The van der Waals surface area contributed by atoms with E-state index in [0.29, 0.717) is 43.5 Å². The van der Waals surface area contributed by atoms with Crippen LogP contribution in [0.5, 0.6) is 0 Å². The average Bonchev–Trinajstić information content (AvgIpc) is 2.92. The molecule has 194 valence electrons. The maximum absolute atomic E-state index is 12.8. The molecule has 1 saturated heterocycles. The van der Waals surface area contributed by atoms with Gasteiger partial charge in [0.05, 0.1) is 24.2 Å². The van der Waals surface area contributed by atoms with E-state index in [0.717, 1.165) is 37.9 Å². The van der Waals surface area contributed by atoms with Crippen molar-refractivity contribution in [2.45, 2.75) is 57.4 Å². The van der Waals surface area contributed by atoms with Gasteiger partial charge >= 0.3 is 0 Å². The molecule has 0 spiro atoms. The lowest BCUT2D eigenvalue weighted by atomic mass is 10.1. The topological polar surface area (TPSA) is 91.8 Å². The predicted octanol–water partition coefficient (Wildman–Crippen LogP) is 2.15. The number of amides is 1. The van der Waals surface area contributed by atoms with Crippen molar-refractivity contribution in [1.82, 2.24) is 9.80 Å². The highest BCUT2D eigenvalue weighted by Gasteiger charge is 2.41. The fraction of sp³-hybridized carbons (Fsp3) is 0.708.